The van der Waals surface area contributed by atoms with Crippen molar-refractivity contribution in [1.29, 1.82) is 0 Å². The normalized spacial score (nSPS) is 29.3. The van der Waals surface area contributed by atoms with Crippen molar-refractivity contribution >= 4 is 29.2 Å². The molecule has 0 radical (unpaired) electrons. The Bertz CT molecular complexity index is 962. The molecular weight excluding hydrogens is 438 g/mol. The molecule has 4 rings (SSSR count). The predicted molar refractivity (Wildman–Crippen MR) is 127 cm³/mol. The fourth-order valence-electron chi connectivity index (χ4n) is 6.09. The molecule has 9 heteroatoms. The van der Waals surface area contributed by atoms with E-state index in [1.807, 2.05) is 24.3 Å². The third-order valence-electron chi connectivity index (χ3n) is 7.53. The van der Waals surface area contributed by atoms with Crippen LogP contribution in [0.1, 0.15) is 26.7 Å². The van der Waals surface area contributed by atoms with Crippen LogP contribution in [0.2, 0.25) is 0 Å². The number of nitrogens with zero attached hydrogens (tertiary/aromatic N) is 3. The van der Waals surface area contributed by atoms with Gasteiger partial charge in [-0.25, -0.2) is 0 Å². The van der Waals surface area contributed by atoms with Crippen molar-refractivity contribution in [3.8, 4) is 0 Å². The SMILES string of the molecule is C=CCN(C(=O)[C@H]1N(CCO)C(=O)[C@@H]2[C@@H](C(=O)O)[C@H]3CC[C@]21O3)c1ccc(N(CC)CC)cc1. The largest absolute Gasteiger partial charge is 0.481 e. The van der Waals surface area contributed by atoms with Crippen molar-refractivity contribution in [2.75, 3.05) is 42.6 Å². The second kappa shape index (κ2) is 9.38. The number of β-amino-alcohol motifs (C(OH)–C–C–N with tert-alkyl or cyclic N) is 1. The Morgan fingerprint density at radius 3 is 2.44 bits per heavy atom. The van der Waals surface area contributed by atoms with Gasteiger partial charge in [0.15, 0.2) is 0 Å². The summed E-state index contributed by atoms with van der Waals surface area (Å²) >= 11 is 0. The van der Waals surface area contributed by atoms with Crippen LogP contribution in [0.15, 0.2) is 36.9 Å². The molecule has 3 fully saturated rings. The number of amides is 2. The average Bonchev–Trinajstić information content (AvgIpc) is 3.46. The molecule has 3 heterocycles. The highest BCUT2D eigenvalue weighted by atomic mass is 16.5. The van der Waals surface area contributed by atoms with E-state index in [1.165, 1.54) is 4.90 Å². The number of carbonyl (C=O) groups is 3. The molecule has 1 aromatic rings. The molecule has 2 bridgehead atoms. The van der Waals surface area contributed by atoms with Gasteiger partial charge in [-0.1, -0.05) is 6.08 Å². The van der Waals surface area contributed by atoms with Gasteiger partial charge in [0.1, 0.15) is 11.6 Å². The number of likely N-dealkylation sites (tertiary alicyclic amines) is 1. The first-order chi connectivity index (χ1) is 16.3. The molecule has 0 saturated carbocycles. The Hall–Kier alpha value is -2.91. The maximum Gasteiger partial charge on any atom is 0.310 e. The molecule has 9 nitrogen and oxygen atoms in total. The van der Waals surface area contributed by atoms with Crippen molar-refractivity contribution in [1.82, 2.24) is 4.90 Å². The van der Waals surface area contributed by atoms with Crippen LogP contribution in [0.25, 0.3) is 0 Å². The number of aliphatic hydroxyl groups is 1. The highest BCUT2D eigenvalue weighted by Gasteiger charge is 2.74. The minimum absolute atomic E-state index is 0.0588. The summed E-state index contributed by atoms with van der Waals surface area (Å²) in [7, 11) is 0. The summed E-state index contributed by atoms with van der Waals surface area (Å²) < 4.78 is 6.18. The van der Waals surface area contributed by atoms with Crippen molar-refractivity contribution in [2.24, 2.45) is 11.8 Å². The fourth-order valence-corrected chi connectivity index (χ4v) is 6.09. The number of aliphatic hydroxyl groups excluding tert-OH is 1. The highest BCUT2D eigenvalue weighted by Crippen LogP contribution is 2.58. The average molecular weight is 472 g/mol. The van der Waals surface area contributed by atoms with Crippen LogP contribution in [-0.2, 0) is 19.1 Å². The third kappa shape index (κ3) is 3.58. The maximum atomic E-state index is 14.1. The number of aliphatic carboxylic acids is 1. The second-order valence-electron chi connectivity index (χ2n) is 9.08. The van der Waals surface area contributed by atoms with Gasteiger partial charge in [-0.15, -0.1) is 6.58 Å². The van der Waals surface area contributed by atoms with Crippen LogP contribution in [0, 0.1) is 11.8 Å². The fraction of sp³-hybridized carbons (Fsp3) is 0.560. The number of rotatable bonds is 10. The van der Waals surface area contributed by atoms with E-state index in [0.717, 1.165) is 18.8 Å². The molecule has 1 spiro atoms. The number of ether oxygens (including phenoxy) is 1. The Morgan fingerprint density at radius 1 is 1.24 bits per heavy atom. The first-order valence-electron chi connectivity index (χ1n) is 11.9. The van der Waals surface area contributed by atoms with Crippen LogP contribution in [0.5, 0.6) is 0 Å². The van der Waals surface area contributed by atoms with Gasteiger partial charge in [-0.2, -0.15) is 0 Å². The summed E-state index contributed by atoms with van der Waals surface area (Å²) in [5.74, 6) is -3.79. The molecule has 0 aromatic heterocycles. The number of hydrogen-bond donors (Lipinski definition) is 2. The lowest BCUT2D eigenvalue weighted by atomic mass is 9.70. The molecule has 3 aliphatic heterocycles. The molecule has 1 aromatic carbocycles. The first-order valence-corrected chi connectivity index (χ1v) is 11.9. The van der Waals surface area contributed by atoms with Crippen LogP contribution in [0.4, 0.5) is 11.4 Å². The molecule has 3 aliphatic rings. The number of carbonyl (C=O) groups excluding carboxylic acids is 2. The summed E-state index contributed by atoms with van der Waals surface area (Å²) in [6.07, 6.45) is 1.95. The van der Waals surface area contributed by atoms with Gasteiger partial charge >= 0.3 is 5.97 Å². The van der Waals surface area contributed by atoms with Crippen LogP contribution in [-0.4, -0.2) is 83.4 Å². The Kier molecular flexibility index (Phi) is 6.69. The Morgan fingerprint density at radius 2 is 1.88 bits per heavy atom. The summed E-state index contributed by atoms with van der Waals surface area (Å²) in [4.78, 5) is 44.5. The van der Waals surface area contributed by atoms with Gasteiger partial charge in [0, 0.05) is 37.6 Å². The summed E-state index contributed by atoms with van der Waals surface area (Å²) in [6.45, 7) is 9.49. The van der Waals surface area contributed by atoms with Gasteiger partial charge in [-0.05, 0) is 51.0 Å². The molecule has 184 valence electrons. The summed E-state index contributed by atoms with van der Waals surface area (Å²) in [5, 5.41) is 19.4. The van der Waals surface area contributed by atoms with E-state index in [1.54, 1.807) is 11.0 Å². The van der Waals surface area contributed by atoms with E-state index in [2.05, 4.69) is 25.3 Å². The number of carboxylic acids is 1. The van der Waals surface area contributed by atoms with Crippen LogP contribution in [0.3, 0.4) is 0 Å². The molecule has 3 saturated heterocycles. The van der Waals surface area contributed by atoms with E-state index in [-0.39, 0.29) is 25.6 Å². The van der Waals surface area contributed by atoms with E-state index in [9.17, 15) is 24.6 Å². The van der Waals surface area contributed by atoms with Crippen LogP contribution < -0.4 is 9.80 Å². The zero-order chi connectivity index (χ0) is 24.6. The van der Waals surface area contributed by atoms with Crippen molar-refractivity contribution in [2.45, 2.75) is 44.4 Å². The standard InChI is InChI=1S/C25H33N3O6/c1-4-13-27(17-9-7-16(8-10-17)26(5-2)6-3)23(31)21-25-12-11-18(34-25)19(24(32)33)20(25)22(30)28(21)14-15-29/h4,7-10,18-21,29H,1,5-6,11-15H2,2-3H3,(H,32,33)/t18-,19+,20+,21-,25+/m1/s1. The zero-order valence-electron chi connectivity index (χ0n) is 19.7. The Balaban J connectivity index is 1.71. The third-order valence-corrected chi connectivity index (χ3v) is 7.53. The number of fused-ring (bicyclic) bond motifs is 1. The van der Waals surface area contributed by atoms with E-state index >= 15 is 0 Å². The van der Waals surface area contributed by atoms with Crippen molar-refractivity contribution in [3.63, 3.8) is 0 Å². The van der Waals surface area contributed by atoms with Gasteiger partial charge in [-0.3, -0.25) is 14.4 Å². The van der Waals surface area contributed by atoms with E-state index in [0.29, 0.717) is 18.5 Å². The quantitative estimate of drug-likeness (QED) is 0.498. The molecular formula is C25H33N3O6. The lowest BCUT2D eigenvalue weighted by Crippen LogP contribution is -2.56. The molecule has 34 heavy (non-hydrogen) atoms. The topological polar surface area (TPSA) is 111 Å². The first kappa shape index (κ1) is 24.2. The van der Waals surface area contributed by atoms with Crippen molar-refractivity contribution in [3.05, 3.63) is 36.9 Å². The van der Waals surface area contributed by atoms with Gasteiger partial charge in [0.05, 0.1) is 24.5 Å². The highest BCUT2D eigenvalue weighted by molar-refractivity contribution is 6.04. The number of hydrogen-bond acceptors (Lipinski definition) is 6. The Labute approximate surface area is 199 Å². The van der Waals surface area contributed by atoms with Gasteiger partial charge in [0.25, 0.3) is 5.91 Å². The molecule has 2 N–H and O–H groups in total. The van der Waals surface area contributed by atoms with Crippen molar-refractivity contribution < 1.29 is 29.3 Å². The second-order valence-corrected chi connectivity index (χ2v) is 9.08. The van der Waals surface area contributed by atoms with E-state index in [4.69, 9.17) is 4.74 Å². The minimum Gasteiger partial charge on any atom is -0.481 e. The van der Waals surface area contributed by atoms with Crippen LogP contribution >= 0.6 is 0 Å². The monoisotopic (exact) mass is 471 g/mol. The number of anilines is 2. The predicted octanol–water partition coefficient (Wildman–Crippen LogP) is 1.50. The summed E-state index contributed by atoms with van der Waals surface area (Å²) in [5.41, 5.74) is 0.496. The van der Waals surface area contributed by atoms with Gasteiger partial charge in [0.2, 0.25) is 5.91 Å². The van der Waals surface area contributed by atoms with E-state index < -0.39 is 41.5 Å². The minimum atomic E-state index is -1.20. The van der Waals surface area contributed by atoms with Gasteiger partial charge < -0.3 is 29.6 Å². The molecule has 0 aliphatic carbocycles. The summed E-state index contributed by atoms with van der Waals surface area (Å²) in [6, 6.07) is 6.63. The lowest BCUT2D eigenvalue weighted by Gasteiger charge is -2.36. The molecule has 5 atom stereocenters. The lowest BCUT2D eigenvalue weighted by molar-refractivity contribution is -0.149. The molecule has 0 unspecified atom stereocenters. The smallest absolute Gasteiger partial charge is 0.310 e. The maximum absolute atomic E-state index is 14.1. The molecule has 2 amide bonds. The zero-order valence-corrected chi connectivity index (χ0v) is 19.7. The number of carboxylic acid groups (broad SMARTS) is 1. The number of benzene rings is 1.